The minimum absolute atomic E-state index is 0.0669. The van der Waals surface area contributed by atoms with Crippen LogP contribution in [0.15, 0.2) is 84.0 Å². The molecule has 1 aliphatic heterocycles. The maximum atomic E-state index is 14.5. The molecule has 2 fully saturated rings. The minimum Gasteiger partial charge on any atom is -0.444 e. The number of rotatable bonds is 10. The number of amides is 1. The van der Waals surface area contributed by atoms with E-state index in [1.807, 2.05) is 76.2 Å². The Bertz CT molecular complexity index is 1760. The summed E-state index contributed by atoms with van der Waals surface area (Å²) in [5.41, 5.74) is 8.31. The van der Waals surface area contributed by atoms with Crippen molar-refractivity contribution >= 4 is 23.4 Å². The van der Waals surface area contributed by atoms with Crippen LogP contribution in [0.3, 0.4) is 0 Å². The van der Waals surface area contributed by atoms with Crippen molar-refractivity contribution in [2.75, 3.05) is 6.61 Å². The van der Waals surface area contributed by atoms with Crippen molar-refractivity contribution in [3.63, 3.8) is 0 Å². The second-order valence-electron chi connectivity index (χ2n) is 19.1. The molecule has 2 bridgehead atoms. The van der Waals surface area contributed by atoms with Crippen molar-refractivity contribution in [3.05, 3.63) is 95.1 Å². The fourth-order valence-electron chi connectivity index (χ4n) is 9.42. The Labute approximate surface area is 349 Å². The smallest absolute Gasteiger partial charge is 0.405 e. The quantitative estimate of drug-likeness (QED) is 0.181. The number of Topliss-reactive ketones (excluding diaryl/α,β-unsaturated/α-hetero) is 3. The summed E-state index contributed by atoms with van der Waals surface area (Å²) >= 11 is 0. The highest BCUT2D eigenvalue weighted by Crippen LogP contribution is 2.58. The Balaban J connectivity index is 0.000000411. The third-order valence-corrected chi connectivity index (χ3v) is 13.0. The molecular formula is C50H73NO7. The molecule has 2 aromatic rings. The predicted molar refractivity (Wildman–Crippen MR) is 233 cm³/mol. The van der Waals surface area contributed by atoms with Crippen molar-refractivity contribution in [1.29, 1.82) is 0 Å². The summed E-state index contributed by atoms with van der Waals surface area (Å²) < 4.78 is 11.2. The highest BCUT2D eigenvalue weighted by molar-refractivity contribution is 5.95. The van der Waals surface area contributed by atoms with E-state index in [0.29, 0.717) is 44.0 Å². The number of nitrogens with two attached hydrogens (primary N) is 1. The molecule has 1 heterocycles. The molecule has 58 heavy (non-hydrogen) atoms. The van der Waals surface area contributed by atoms with E-state index in [1.54, 1.807) is 20.8 Å². The van der Waals surface area contributed by atoms with Gasteiger partial charge in [0, 0.05) is 37.2 Å². The first-order chi connectivity index (χ1) is 26.9. The molecule has 320 valence electrons. The first-order valence-corrected chi connectivity index (χ1v) is 21.3. The van der Waals surface area contributed by atoms with Crippen LogP contribution < -0.4 is 5.73 Å². The number of carbonyl (C=O) groups is 4. The van der Waals surface area contributed by atoms with Crippen LogP contribution in [-0.4, -0.2) is 52.5 Å². The average Bonchev–Trinajstić information content (AvgIpc) is 3.24. The zero-order valence-electron chi connectivity index (χ0n) is 37.4. The van der Waals surface area contributed by atoms with Gasteiger partial charge in [-0.2, -0.15) is 0 Å². The van der Waals surface area contributed by atoms with Crippen molar-refractivity contribution in [3.8, 4) is 0 Å². The Morgan fingerprint density at radius 1 is 0.948 bits per heavy atom. The van der Waals surface area contributed by atoms with E-state index in [0.717, 1.165) is 43.2 Å². The Morgan fingerprint density at radius 3 is 2.05 bits per heavy atom. The van der Waals surface area contributed by atoms with Gasteiger partial charge in [0.2, 0.25) is 0 Å². The van der Waals surface area contributed by atoms with Crippen molar-refractivity contribution in [2.45, 2.75) is 151 Å². The molecule has 3 aliphatic rings. The number of carbonyl (C=O) groups excluding carboxylic acids is 4. The van der Waals surface area contributed by atoms with E-state index in [4.69, 9.17) is 10.5 Å². The second kappa shape index (κ2) is 20.4. The minimum atomic E-state index is -0.862. The number of ketones is 3. The predicted octanol–water partition coefficient (Wildman–Crippen LogP) is 10.8. The van der Waals surface area contributed by atoms with Crippen LogP contribution in [-0.2, 0) is 25.5 Å². The first kappa shape index (κ1) is 48.5. The lowest BCUT2D eigenvalue weighted by molar-refractivity contribution is -0.146. The van der Waals surface area contributed by atoms with Crippen LogP contribution in [0.25, 0.3) is 0 Å². The van der Waals surface area contributed by atoms with Gasteiger partial charge in [-0.25, -0.2) is 4.79 Å². The molecule has 1 amide bonds. The summed E-state index contributed by atoms with van der Waals surface area (Å²) in [6, 6.07) is 19.6. The number of benzene rings is 2. The monoisotopic (exact) mass is 800 g/mol. The molecule has 3 N–H and O–H groups in total. The van der Waals surface area contributed by atoms with E-state index in [9.17, 15) is 24.3 Å². The molecule has 8 heteroatoms. The molecule has 2 aromatic carbocycles. The fraction of sp³-hybridized carbons (Fsp3) is 0.600. The van der Waals surface area contributed by atoms with E-state index >= 15 is 0 Å². The van der Waals surface area contributed by atoms with Crippen molar-refractivity contribution in [2.24, 2.45) is 40.2 Å². The maximum absolute atomic E-state index is 14.5. The number of allylic oxidation sites excluding steroid dienone is 3. The van der Waals surface area contributed by atoms with Crippen LogP contribution in [0.2, 0.25) is 0 Å². The highest BCUT2D eigenvalue weighted by atomic mass is 16.6. The Morgan fingerprint density at radius 2 is 1.53 bits per heavy atom. The Kier molecular flexibility index (Phi) is 17.0. The molecule has 1 saturated carbocycles. The molecule has 0 aromatic heterocycles. The molecule has 4 unspecified atom stereocenters. The number of aryl methyl sites for hydroxylation is 1. The first-order valence-electron chi connectivity index (χ1n) is 21.3. The van der Waals surface area contributed by atoms with E-state index < -0.39 is 28.8 Å². The fourth-order valence-corrected chi connectivity index (χ4v) is 9.42. The largest absolute Gasteiger partial charge is 0.444 e. The van der Waals surface area contributed by atoms with Crippen LogP contribution >= 0.6 is 0 Å². The number of hydrogen-bond donors (Lipinski definition) is 2. The van der Waals surface area contributed by atoms with E-state index in [2.05, 4.69) is 51.1 Å². The SMILES string of the molecule is C=C(C)CC[C@@]1(C)CC(O)C2(C)C(=O)C(C)C3=C(C)[C@@H](CC(=O)CCc4ccccc4)CC(C[C@@H]2CO1)C3(C)C.CC(C)(C)OC(N)=O.CCC(=O)c1ccccc1. The summed E-state index contributed by atoms with van der Waals surface area (Å²) in [6.07, 6.45) is 4.81. The number of primary amides is 1. The van der Waals surface area contributed by atoms with Gasteiger partial charge in [-0.15, -0.1) is 6.58 Å². The van der Waals surface area contributed by atoms with Gasteiger partial charge >= 0.3 is 6.09 Å². The van der Waals surface area contributed by atoms with Gasteiger partial charge in [-0.05, 0) is 109 Å². The number of ether oxygens (including phenoxy) is 2. The topological polar surface area (TPSA) is 133 Å². The van der Waals surface area contributed by atoms with Gasteiger partial charge in [-0.1, -0.05) is 105 Å². The molecule has 2 aliphatic carbocycles. The highest BCUT2D eigenvalue weighted by Gasteiger charge is 2.58. The standard InChI is InChI=1S/C36H52O4.C9H10O.C5H11NO2/c1-23(2)16-17-35(7)21-31(38)36(8)29(22-40-35)20-28-18-27(19-30(37)15-14-26-12-10-9-11-13-26)24(3)32(34(28,5)6)25(4)33(36)39;1-2-9(10)8-6-4-3-5-7-8;1-5(2,3)8-4(6)7/h9-13,25,27-29,31,38H,1,14-22H2,2-8H3;3-7H,2H2,1H3;1-3H3,(H2,6,7)/t25?,27-,28?,29-,31?,35+,36?;;/m1../s1. The lowest BCUT2D eigenvalue weighted by Gasteiger charge is -2.53. The summed E-state index contributed by atoms with van der Waals surface area (Å²) in [4.78, 5) is 48.7. The van der Waals surface area contributed by atoms with Gasteiger partial charge in [0.1, 0.15) is 17.2 Å². The third kappa shape index (κ3) is 12.8. The second-order valence-corrected chi connectivity index (χ2v) is 19.1. The van der Waals surface area contributed by atoms with Crippen molar-refractivity contribution in [1.82, 2.24) is 0 Å². The normalized spacial score (nSPS) is 27.8. The molecule has 1 saturated heterocycles. The van der Waals surface area contributed by atoms with Gasteiger partial charge < -0.3 is 20.3 Å². The van der Waals surface area contributed by atoms with Gasteiger partial charge in [0.05, 0.1) is 23.7 Å². The molecule has 5 rings (SSSR count). The summed E-state index contributed by atoms with van der Waals surface area (Å²) in [6.45, 7) is 26.6. The summed E-state index contributed by atoms with van der Waals surface area (Å²) in [5, 5.41) is 11.7. The van der Waals surface area contributed by atoms with Gasteiger partial charge in [0.15, 0.2) is 5.78 Å². The number of hydrogen-bond acceptors (Lipinski definition) is 7. The van der Waals surface area contributed by atoms with E-state index in [-0.39, 0.29) is 34.7 Å². The van der Waals surface area contributed by atoms with E-state index in [1.165, 1.54) is 16.7 Å². The number of fused-ring (bicyclic) bond motifs is 3. The van der Waals surface area contributed by atoms with Crippen molar-refractivity contribution < 1.29 is 33.8 Å². The Hall–Kier alpha value is -3.88. The molecule has 8 nitrogen and oxygen atoms in total. The lowest BCUT2D eigenvalue weighted by Crippen LogP contribution is -2.54. The maximum Gasteiger partial charge on any atom is 0.405 e. The molecule has 0 spiro atoms. The zero-order valence-corrected chi connectivity index (χ0v) is 37.4. The lowest BCUT2D eigenvalue weighted by atomic mass is 9.50. The van der Waals surface area contributed by atoms with Gasteiger partial charge in [-0.3, -0.25) is 14.4 Å². The summed E-state index contributed by atoms with van der Waals surface area (Å²) in [7, 11) is 0. The van der Waals surface area contributed by atoms with Crippen LogP contribution in [0.1, 0.15) is 143 Å². The molecule has 7 atom stereocenters. The zero-order chi connectivity index (χ0) is 43.6. The van der Waals surface area contributed by atoms with Crippen LogP contribution in [0.5, 0.6) is 0 Å². The number of aliphatic hydroxyl groups excluding tert-OH is 1. The summed E-state index contributed by atoms with van der Waals surface area (Å²) in [5.74, 6) is 0.746. The molecule has 0 radical (unpaired) electrons. The van der Waals surface area contributed by atoms with Gasteiger partial charge in [0.25, 0.3) is 0 Å². The van der Waals surface area contributed by atoms with Crippen LogP contribution in [0, 0.1) is 34.5 Å². The average molecular weight is 800 g/mol. The third-order valence-electron chi connectivity index (χ3n) is 13.0. The van der Waals surface area contributed by atoms with Crippen LogP contribution in [0.4, 0.5) is 4.79 Å². The molecular weight excluding hydrogens is 727 g/mol. The number of aliphatic hydroxyl groups is 1.